The Morgan fingerprint density at radius 1 is 1.00 bits per heavy atom. The van der Waals surface area contributed by atoms with E-state index in [1.807, 2.05) is 64.5 Å². The maximum Gasteiger partial charge on any atom is 0.334 e. The molecule has 0 bridgehead atoms. The van der Waals surface area contributed by atoms with Crippen LogP contribution < -0.4 is 5.32 Å². The molecule has 4 aromatic rings. The molecule has 3 N–H and O–H groups in total. The van der Waals surface area contributed by atoms with Gasteiger partial charge in [-0.2, -0.15) is 0 Å². The number of halogens is 1. The fourth-order valence-electron chi connectivity index (χ4n) is 6.42. The van der Waals surface area contributed by atoms with Crippen LogP contribution in [-0.2, 0) is 24.3 Å². The monoisotopic (exact) mass is 635 g/mol. The third kappa shape index (κ3) is 6.01. The molecule has 1 aliphatic carbocycles. The number of aromatic nitrogens is 1. The van der Waals surface area contributed by atoms with Gasteiger partial charge in [0, 0.05) is 48.6 Å². The first-order valence-corrected chi connectivity index (χ1v) is 15.7. The maximum absolute atomic E-state index is 14.4. The number of benzene rings is 3. The second kappa shape index (κ2) is 12.5. The zero-order valence-corrected chi connectivity index (χ0v) is 25.8. The SMILES string of the molecule is N=C1CN(CC2C=C2)N(C(=O)NCc2ccccc2)[C@H]2CN(Cc3ccc(Cl)c4cccnc34)C(=O)[C@H](Cc3ccc(O)cc3)N12. The minimum atomic E-state index is -0.743. The van der Waals surface area contributed by atoms with Gasteiger partial charge in [-0.3, -0.25) is 15.2 Å². The second-order valence-corrected chi connectivity index (χ2v) is 12.3. The summed E-state index contributed by atoms with van der Waals surface area (Å²) in [6, 6.07) is 22.9. The Bertz CT molecular complexity index is 1810. The van der Waals surface area contributed by atoms with Crippen LogP contribution in [0.25, 0.3) is 10.9 Å². The molecule has 0 saturated carbocycles. The minimum Gasteiger partial charge on any atom is -0.508 e. The van der Waals surface area contributed by atoms with Crippen molar-refractivity contribution in [2.45, 2.75) is 31.7 Å². The molecule has 7 rings (SSSR count). The van der Waals surface area contributed by atoms with Gasteiger partial charge < -0.3 is 20.2 Å². The topological polar surface area (TPSA) is 116 Å². The van der Waals surface area contributed by atoms with Crippen LogP contribution in [-0.4, -0.2) is 79.5 Å². The molecule has 2 atom stereocenters. The van der Waals surface area contributed by atoms with Crippen LogP contribution in [0.5, 0.6) is 5.75 Å². The van der Waals surface area contributed by atoms with Crippen molar-refractivity contribution in [2.24, 2.45) is 5.92 Å². The van der Waals surface area contributed by atoms with Crippen molar-refractivity contribution in [3.05, 3.63) is 119 Å². The van der Waals surface area contributed by atoms with Crippen molar-refractivity contribution in [2.75, 3.05) is 19.6 Å². The normalized spacial score (nSPS) is 19.9. The van der Waals surface area contributed by atoms with Crippen molar-refractivity contribution < 1.29 is 14.7 Å². The van der Waals surface area contributed by atoms with Gasteiger partial charge >= 0.3 is 6.03 Å². The van der Waals surface area contributed by atoms with Crippen molar-refractivity contribution in [3.8, 4) is 5.75 Å². The number of hydrogen-bond donors (Lipinski definition) is 3. The van der Waals surface area contributed by atoms with Crippen LogP contribution in [0.3, 0.4) is 0 Å². The lowest BCUT2D eigenvalue weighted by molar-refractivity contribution is -0.159. The molecule has 3 aliphatic rings. The Hall–Kier alpha value is -4.93. The number of hydrazine groups is 1. The van der Waals surface area contributed by atoms with E-state index in [0.717, 1.165) is 27.6 Å². The van der Waals surface area contributed by atoms with E-state index in [9.17, 15) is 20.1 Å². The average molecular weight is 636 g/mol. The van der Waals surface area contributed by atoms with Gasteiger partial charge in [0.25, 0.3) is 0 Å². The van der Waals surface area contributed by atoms with Crippen LogP contribution in [0.2, 0.25) is 5.02 Å². The number of fused-ring (bicyclic) bond motifs is 2. The van der Waals surface area contributed by atoms with Gasteiger partial charge in [-0.25, -0.2) is 14.8 Å². The molecule has 10 nitrogen and oxygen atoms in total. The van der Waals surface area contributed by atoms with Gasteiger partial charge in [-0.1, -0.05) is 72.3 Å². The quantitative estimate of drug-likeness (QED) is 0.240. The summed E-state index contributed by atoms with van der Waals surface area (Å²) in [6.45, 7) is 1.55. The summed E-state index contributed by atoms with van der Waals surface area (Å²) in [5.74, 6) is 0.504. The van der Waals surface area contributed by atoms with Crippen molar-refractivity contribution in [1.29, 1.82) is 5.41 Å². The van der Waals surface area contributed by atoms with Gasteiger partial charge in [0.2, 0.25) is 5.91 Å². The fourth-order valence-corrected chi connectivity index (χ4v) is 6.64. The van der Waals surface area contributed by atoms with Gasteiger partial charge in [0.15, 0.2) is 0 Å². The third-order valence-corrected chi connectivity index (χ3v) is 9.11. The van der Waals surface area contributed by atoms with Crippen molar-refractivity contribution >= 4 is 40.3 Å². The molecule has 2 fully saturated rings. The zero-order chi connectivity index (χ0) is 31.8. The number of pyridine rings is 1. The number of phenols is 1. The number of carbonyl (C=O) groups excluding carboxylic acids is 2. The standard InChI is InChI=1S/C35H34ClN7O3/c36-29-15-12-26(33-28(29)7-4-16-38-33)20-40-22-32-42(30(34(40)45)17-23-10-13-27(44)14-11-23)31(37)21-41(19-25-8-9-25)43(32)35(46)39-18-24-5-2-1-3-6-24/h1-16,25,30,32,37,44H,17-22H2,(H,39,46)/t30-,32-/m0/s1. The molecule has 234 valence electrons. The summed E-state index contributed by atoms with van der Waals surface area (Å²) >= 11 is 6.49. The summed E-state index contributed by atoms with van der Waals surface area (Å²) in [5, 5.41) is 27.2. The van der Waals surface area contributed by atoms with E-state index in [2.05, 4.69) is 22.5 Å². The number of rotatable bonds is 8. The number of carbonyl (C=O) groups is 2. The van der Waals surface area contributed by atoms with E-state index in [0.29, 0.717) is 24.5 Å². The first kappa shape index (κ1) is 29.8. The molecular formula is C35H34ClN7O3. The van der Waals surface area contributed by atoms with Crippen LogP contribution >= 0.6 is 11.6 Å². The van der Waals surface area contributed by atoms with Gasteiger partial charge in [-0.05, 0) is 47.0 Å². The molecule has 3 aromatic carbocycles. The molecule has 1 aromatic heterocycles. The Balaban J connectivity index is 1.25. The third-order valence-electron chi connectivity index (χ3n) is 8.78. The highest BCUT2D eigenvalue weighted by Gasteiger charge is 2.50. The number of aromatic hydroxyl groups is 1. The predicted octanol–water partition coefficient (Wildman–Crippen LogP) is 4.78. The van der Waals surface area contributed by atoms with E-state index >= 15 is 0 Å². The summed E-state index contributed by atoms with van der Waals surface area (Å²) in [4.78, 5) is 36.7. The summed E-state index contributed by atoms with van der Waals surface area (Å²) in [7, 11) is 0. The second-order valence-electron chi connectivity index (χ2n) is 11.9. The van der Waals surface area contributed by atoms with Crippen LogP contribution in [0.4, 0.5) is 4.79 Å². The fraction of sp³-hybridized carbons (Fsp3) is 0.257. The van der Waals surface area contributed by atoms with Crippen molar-refractivity contribution in [1.82, 2.24) is 30.1 Å². The highest BCUT2D eigenvalue weighted by molar-refractivity contribution is 6.35. The first-order valence-electron chi connectivity index (χ1n) is 15.3. The number of urea groups is 1. The number of nitrogens with one attached hydrogen (secondary N) is 2. The molecule has 2 saturated heterocycles. The first-order chi connectivity index (χ1) is 22.4. The lowest BCUT2D eigenvalue weighted by Crippen LogP contribution is -2.76. The van der Waals surface area contributed by atoms with Gasteiger partial charge in [-0.15, -0.1) is 0 Å². The zero-order valence-electron chi connectivity index (χ0n) is 25.1. The number of nitrogens with zero attached hydrogens (tertiary/aromatic N) is 5. The van der Waals surface area contributed by atoms with Crippen LogP contribution in [0.1, 0.15) is 16.7 Å². The molecule has 46 heavy (non-hydrogen) atoms. The van der Waals surface area contributed by atoms with E-state index in [-0.39, 0.29) is 49.1 Å². The Kier molecular flexibility index (Phi) is 8.06. The van der Waals surface area contributed by atoms with E-state index in [4.69, 9.17) is 11.6 Å². The highest BCUT2D eigenvalue weighted by Crippen LogP contribution is 2.33. The molecule has 3 amide bonds. The minimum absolute atomic E-state index is 0.136. The molecule has 3 heterocycles. The molecule has 0 radical (unpaired) electrons. The molecular weight excluding hydrogens is 602 g/mol. The smallest absolute Gasteiger partial charge is 0.334 e. The summed E-state index contributed by atoms with van der Waals surface area (Å²) in [6.07, 6.45) is 5.55. The lowest BCUT2D eigenvalue weighted by atomic mass is 9.98. The largest absolute Gasteiger partial charge is 0.508 e. The number of hydrogen-bond acceptors (Lipinski definition) is 6. The number of phenolic OH excluding ortho intramolecular Hbond substituents is 1. The van der Waals surface area contributed by atoms with Crippen LogP contribution in [0.15, 0.2) is 97.2 Å². The predicted molar refractivity (Wildman–Crippen MR) is 176 cm³/mol. The van der Waals surface area contributed by atoms with Gasteiger partial charge in [0.05, 0.1) is 18.6 Å². The van der Waals surface area contributed by atoms with Crippen molar-refractivity contribution in [3.63, 3.8) is 0 Å². The number of piperazine rings is 1. The lowest BCUT2D eigenvalue weighted by Gasteiger charge is -2.56. The maximum atomic E-state index is 14.4. The average Bonchev–Trinajstić information content (AvgIpc) is 3.89. The van der Waals surface area contributed by atoms with E-state index in [1.165, 1.54) is 0 Å². The van der Waals surface area contributed by atoms with E-state index in [1.54, 1.807) is 40.4 Å². The number of amidine groups is 1. The highest BCUT2D eigenvalue weighted by atomic mass is 35.5. The molecule has 11 heteroatoms. The Labute approximate surface area is 272 Å². The Morgan fingerprint density at radius 3 is 2.54 bits per heavy atom. The summed E-state index contributed by atoms with van der Waals surface area (Å²) in [5.41, 5.74) is 3.37. The molecule has 0 unspecified atom stereocenters. The van der Waals surface area contributed by atoms with Gasteiger partial charge in [0.1, 0.15) is 23.8 Å². The molecule has 2 aliphatic heterocycles. The van der Waals surface area contributed by atoms with E-state index < -0.39 is 12.2 Å². The summed E-state index contributed by atoms with van der Waals surface area (Å²) < 4.78 is 0. The number of amides is 3. The van der Waals surface area contributed by atoms with Crippen LogP contribution in [0, 0.1) is 11.3 Å². The Morgan fingerprint density at radius 2 is 1.78 bits per heavy atom. The molecule has 0 spiro atoms.